The van der Waals surface area contributed by atoms with Crippen molar-refractivity contribution in [3.63, 3.8) is 0 Å². The maximum absolute atomic E-state index is 14.1. The van der Waals surface area contributed by atoms with Crippen LogP contribution in [0.15, 0.2) is 18.2 Å². The molecule has 1 N–H and O–H groups in total. The highest BCUT2D eigenvalue weighted by atomic mass is 35.5. The highest BCUT2D eigenvalue weighted by Gasteiger charge is 2.55. The number of hydrogen-bond acceptors (Lipinski definition) is 2. The first-order chi connectivity index (χ1) is 10.7. The number of benzene rings is 1. The molecule has 1 aromatic carbocycles. The summed E-state index contributed by atoms with van der Waals surface area (Å²) in [5.74, 6) is -4.99. The molecule has 2 amide bonds. The van der Waals surface area contributed by atoms with Gasteiger partial charge in [0.2, 0.25) is 5.91 Å². The summed E-state index contributed by atoms with van der Waals surface area (Å²) in [7, 11) is 0. The Bertz CT molecular complexity index is 683. The first-order valence-corrected chi connectivity index (χ1v) is 7.51. The third-order valence-corrected chi connectivity index (χ3v) is 4.63. The molecule has 1 atom stereocenters. The molecule has 2 aliphatic heterocycles. The Balaban J connectivity index is 1.90. The number of nitrogens with zero attached hydrogens (tertiary/aromatic N) is 1. The molecule has 3 rings (SSSR count). The fourth-order valence-corrected chi connectivity index (χ4v) is 3.48. The average Bonchev–Trinajstić information content (AvgIpc) is 2.79. The first-order valence-electron chi connectivity index (χ1n) is 7.13. The van der Waals surface area contributed by atoms with E-state index in [1.807, 2.05) is 0 Å². The maximum Gasteiger partial charge on any atom is 0.266 e. The van der Waals surface area contributed by atoms with Crippen LogP contribution in [0.3, 0.4) is 0 Å². The van der Waals surface area contributed by atoms with Crippen LogP contribution in [-0.2, 0) is 4.79 Å². The van der Waals surface area contributed by atoms with Crippen molar-refractivity contribution in [1.82, 2.24) is 10.2 Å². The summed E-state index contributed by atoms with van der Waals surface area (Å²) in [6, 6.07) is 3.31. The van der Waals surface area contributed by atoms with E-state index in [2.05, 4.69) is 5.32 Å². The minimum atomic E-state index is -3.15. The molecule has 0 radical (unpaired) electrons. The number of likely N-dealkylation sites (tertiary alicyclic amines) is 1. The highest BCUT2D eigenvalue weighted by Crippen LogP contribution is 2.43. The SMILES string of the molecule is O=C(c1ccc(F)c(Cl)c1)N1CC(F)(F)C[C@@]2(CCNC2=O)C1. The Labute approximate surface area is 135 Å². The molecule has 2 saturated heterocycles. The van der Waals surface area contributed by atoms with Crippen molar-refractivity contribution in [2.24, 2.45) is 5.41 Å². The van der Waals surface area contributed by atoms with Gasteiger partial charge in [-0.3, -0.25) is 9.59 Å². The second kappa shape index (κ2) is 5.40. The molecule has 4 nitrogen and oxygen atoms in total. The summed E-state index contributed by atoms with van der Waals surface area (Å²) in [6.07, 6.45) is -0.310. The number of amides is 2. The van der Waals surface area contributed by atoms with Crippen LogP contribution in [0.25, 0.3) is 0 Å². The van der Waals surface area contributed by atoms with Crippen molar-refractivity contribution in [3.8, 4) is 0 Å². The molecule has 0 aromatic heterocycles. The summed E-state index contributed by atoms with van der Waals surface area (Å²) in [5.41, 5.74) is -1.25. The quantitative estimate of drug-likeness (QED) is 0.849. The molecule has 0 aliphatic carbocycles. The lowest BCUT2D eigenvalue weighted by Gasteiger charge is -2.42. The van der Waals surface area contributed by atoms with Crippen LogP contribution in [0.5, 0.6) is 0 Å². The van der Waals surface area contributed by atoms with E-state index in [4.69, 9.17) is 11.6 Å². The molecule has 1 spiro atoms. The number of rotatable bonds is 1. The predicted octanol–water partition coefficient (Wildman–Crippen LogP) is 2.47. The molecule has 2 fully saturated rings. The van der Waals surface area contributed by atoms with Crippen molar-refractivity contribution in [3.05, 3.63) is 34.6 Å². The second-order valence-corrected chi connectivity index (χ2v) is 6.52. The van der Waals surface area contributed by atoms with Crippen molar-refractivity contribution >= 4 is 23.4 Å². The first kappa shape index (κ1) is 16.1. The Morgan fingerprint density at radius 3 is 2.65 bits per heavy atom. The Kier molecular flexibility index (Phi) is 3.78. The van der Waals surface area contributed by atoms with E-state index in [9.17, 15) is 22.8 Å². The van der Waals surface area contributed by atoms with Crippen LogP contribution < -0.4 is 5.32 Å². The number of hydrogen-bond donors (Lipinski definition) is 1. The van der Waals surface area contributed by atoms with E-state index in [0.29, 0.717) is 6.54 Å². The number of carbonyl (C=O) groups excluding carboxylic acids is 2. The Morgan fingerprint density at radius 1 is 1.30 bits per heavy atom. The van der Waals surface area contributed by atoms with Gasteiger partial charge in [-0.2, -0.15) is 0 Å². The van der Waals surface area contributed by atoms with Crippen LogP contribution in [0, 0.1) is 11.2 Å². The molecule has 0 saturated carbocycles. The van der Waals surface area contributed by atoms with Crippen LogP contribution >= 0.6 is 11.6 Å². The summed E-state index contributed by atoms with van der Waals surface area (Å²) in [6.45, 7) is -0.530. The smallest absolute Gasteiger partial charge is 0.266 e. The fourth-order valence-electron chi connectivity index (χ4n) is 3.30. The van der Waals surface area contributed by atoms with Crippen molar-refractivity contribution < 1.29 is 22.8 Å². The predicted molar refractivity (Wildman–Crippen MR) is 76.9 cm³/mol. The number of alkyl halides is 2. The van der Waals surface area contributed by atoms with Crippen LogP contribution in [0.2, 0.25) is 5.02 Å². The average molecular weight is 347 g/mol. The van der Waals surface area contributed by atoms with Gasteiger partial charge >= 0.3 is 0 Å². The molecular weight excluding hydrogens is 333 g/mol. The number of carbonyl (C=O) groups is 2. The third-order valence-electron chi connectivity index (χ3n) is 4.34. The lowest BCUT2D eigenvalue weighted by molar-refractivity contribution is -0.144. The van der Waals surface area contributed by atoms with Gasteiger partial charge in [-0.25, -0.2) is 13.2 Å². The van der Waals surface area contributed by atoms with E-state index in [0.717, 1.165) is 17.0 Å². The summed E-state index contributed by atoms with van der Waals surface area (Å²) in [4.78, 5) is 25.4. The second-order valence-electron chi connectivity index (χ2n) is 6.11. The lowest BCUT2D eigenvalue weighted by atomic mass is 9.77. The van der Waals surface area contributed by atoms with Crippen LogP contribution in [0.1, 0.15) is 23.2 Å². The fraction of sp³-hybridized carbons (Fsp3) is 0.467. The standard InChI is InChI=1S/C15H14ClF3N2O2/c16-10-5-9(1-2-11(10)17)12(22)21-7-14(3-4-20-13(14)23)6-15(18,19)8-21/h1-2,5H,3-4,6-8H2,(H,20,23)/t14-/m0/s1. The Morgan fingerprint density at radius 2 is 2.04 bits per heavy atom. The number of nitrogens with one attached hydrogen (secondary N) is 1. The normalized spacial score (nSPS) is 26.4. The molecule has 124 valence electrons. The van der Waals surface area contributed by atoms with E-state index in [1.54, 1.807) is 0 Å². The van der Waals surface area contributed by atoms with Gasteiger partial charge in [0.1, 0.15) is 5.82 Å². The molecular formula is C15H14ClF3N2O2. The van der Waals surface area contributed by atoms with E-state index in [-0.39, 0.29) is 23.6 Å². The molecule has 2 heterocycles. The number of halogens is 4. The van der Waals surface area contributed by atoms with Gasteiger partial charge in [0.05, 0.1) is 17.0 Å². The third kappa shape index (κ3) is 2.89. The lowest BCUT2D eigenvalue weighted by Crippen LogP contribution is -2.56. The Hall–Kier alpha value is -1.76. The molecule has 2 aliphatic rings. The van der Waals surface area contributed by atoms with Gasteiger partial charge < -0.3 is 10.2 Å². The van der Waals surface area contributed by atoms with Gasteiger partial charge in [-0.05, 0) is 24.6 Å². The van der Waals surface area contributed by atoms with Crippen molar-refractivity contribution in [1.29, 1.82) is 0 Å². The van der Waals surface area contributed by atoms with Gasteiger partial charge in [0.25, 0.3) is 11.8 Å². The summed E-state index contributed by atoms with van der Waals surface area (Å²) < 4.78 is 41.4. The topological polar surface area (TPSA) is 49.4 Å². The van der Waals surface area contributed by atoms with Gasteiger partial charge in [0.15, 0.2) is 0 Å². The molecule has 1 aromatic rings. The van der Waals surface area contributed by atoms with Gasteiger partial charge in [-0.15, -0.1) is 0 Å². The summed E-state index contributed by atoms with van der Waals surface area (Å²) in [5, 5.41) is 2.30. The van der Waals surface area contributed by atoms with E-state index < -0.39 is 41.9 Å². The van der Waals surface area contributed by atoms with Crippen molar-refractivity contribution in [2.75, 3.05) is 19.6 Å². The van der Waals surface area contributed by atoms with Gasteiger partial charge in [0, 0.05) is 25.1 Å². The molecule has 0 bridgehead atoms. The number of piperidine rings is 1. The van der Waals surface area contributed by atoms with Crippen molar-refractivity contribution in [2.45, 2.75) is 18.8 Å². The molecule has 0 unspecified atom stereocenters. The molecule has 23 heavy (non-hydrogen) atoms. The largest absolute Gasteiger partial charge is 0.356 e. The highest BCUT2D eigenvalue weighted by molar-refractivity contribution is 6.31. The monoisotopic (exact) mass is 346 g/mol. The minimum absolute atomic E-state index is 0.0163. The van der Waals surface area contributed by atoms with Crippen LogP contribution in [0.4, 0.5) is 13.2 Å². The van der Waals surface area contributed by atoms with E-state index in [1.165, 1.54) is 6.07 Å². The zero-order chi connectivity index (χ0) is 16.8. The maximum atomic E-state index is 14.1. The minimum Gasteiger partial charge on any atom is -0.356 e. The molecule has 8 heteroatoms. The zero-order valence-electron chi connectivity index (χ0n) is 12.0. The van der Waals surface area contributed by atoms with Crippen LogP contribution in [-0.4, -0.2) is 42.3 Å². The van der Waals surface area contributed by atoms with Gasteiger partial charge in [-0.1, -0.05) is 11.6 Å². The van der Waals surface area contributed by atoms with E-state index >= 15 is 0 Å². The zero-order valence-corrected chi connectivity index (χ0v) is 12.8. The summed E-state index contributed by atoms with van der Waals surface area (Å²) >= 11 is 5.64.